The molecule has 28 heavy (non-hydrogen) atoms. The average Bonchev–Trinajstić information content (AvgIpc) is 3.40. The number of likely N-dealkylation sites (tertiary alicyclic amines) is 1. The Bertz CT molecular complexity index is 858. The lowest BCUT2D eigenvalue weighted by Gasteiger charge is -2.49. The summed E-state index contributed by atoms with van der Waals surface area (Å²) in [5.74, 6) is 1.11. The molecule has 1 amide bonds. The van der Waals surface area contributed by atoms with Crippen molar-refractivity contribution >= 4 is 11.6 Å². The molecule has 4 fully saturated rings. The molecule has 4 saturated heterocycles. The number of nitrogens with zero attached hydrogens (tertiary/aromatic N) is 5. The van der Waals surface area contributed by atoms with E-state index in [0.717, 1.165) is 75.4 Å². The normalized spacial score (nSPS) is 29.4. The zero-order valence-electron chi connectivity index (χ0n) is 16.2. The number of amides is 1. The van der Waals surface area contributed by atoms with E-state index in [2.05, 4.69) is 20.1 Å². The largest absolute Gasteiger partial charge is 0.399 e. The third-order valence-corrected chi connectivity index (χ3v) is 6.73. The number of benzene rings is 1. The highest BCUT2D eigenvalue weighted by atomic mass is 16.2. The van der Waals surface area contributed by atoms with Crippen LogP contribution in [0.15, 0.2) is 30.5 Å². The second-order valence-corrected chi connectivity index (χ2v) is 8.52. The molecular weight excluding hydrogens is 352 g/mol. The molecule has 7 nitrogen and oxygen atoms in total. The van der Waals surface area contributed by atoms with Crippen LogP contribution in [0.2, 0.25) is 0 Å². The Kier molecular flexibility index (Phi) is 4.55. The molecule has 0 aliphatic carbocycles. The van der Waals surface area contributed by atoms with Crippen LogP contribution in [0, 0.1) is 11.8 Å². The van der Waals surface area contributed by atoms with Crippen LogP contribution in [0.5, 0.6) is 0 Å². The van der Waals surface area contributed by atoms with Gasteiger partial charge in [0.05, 0.1) is 18.7 Å². The average molecular weight is 380 g/mol. The summed E-state index contributed by atoms with van der Waals surface area (Å²) in [7, 11) is 0. The number of hydrogen-bond acceptors (Lipinski definition) is 5. The highest BCUT2D eigenvalue weighted by Crippen LogP contribution is 2.38. The number of rotatable bonds is 4. The summed E-state index contributed by atoms with van der Waals surface area (Å²) in [5, 5.41) is 8.67. The molecule has 148 valence electrons. The van der Waals surface area contributed by atoms with Crippen molar-refractivity contribution in [3.05, 3.63) is 30.5 Å². The predicted molar refractivity (Wildman–Crippen MR) is 107 cm³/mol. The Labute approximate surface area is 165 Å². The highest BCUT2D eigenvalue weighted by Gasteiger charge is 2.44. The number of carbonyl (C=O) groups excluding carboxylic acids is 1. The monoisotopic (exact) mass is 380 g/mol. The number of piperidine rings is 3. The lowest BCUT2D eigenvalue weighted by Crippen LogP contribution is -2.58. The molecule has 4 aliphatic rings. The van der Waals surface area contributed by atoms with Crippen molar-refractivity contribution in [2.75, 3.05) is 31.9 Å². The molecule has 2 bridgehead atoms. The highest BCUT2D eigenvalue weighted by molar-refractivity contribution is 5.80. The van der Waals surface area contributed by atoms with E-state index < -0.39 is 0 Å². The van der Waals surface area contributed by atoms with Crippen LogP contribution >= 0.6 is 0 Å². The molecule has 7 heteroatoms. The van der Waals surface area contributed by atoms with Gasteiger partial charge in [-0.1, -0.05) is 17.3 Å². The van der Waals surface area contributed by atoms with Gasteiger partial charge in [0.15, 0.2) is 0 Å². The summed E-state index contributed by atoms with van der Waals surface area (Å²) in [6.45, 7) is 4.74. The number of carbonyl (C=O) groups is 1. The lowest BCUT2D eigenvalue weighted by atomic mass is 9.75. The first kappa shape index (κ1) is 17.7. The standard InChI is InChI=1S/C21H28N6O/c22-17-5-3-4-16(10-17)20-14-27(24-23-20)12-18-11-15-6-9-26(18)13-19(15)21(28)25-7-1-2-8-25/h3-5,10,14-15,18-19H,1-2,6-9,11-13,22H2. The van der Waals surface area contributed by atoms with Crippen LogP contribution in [-0.2, 0) is 11.3 Å². The van der Waals surface area contributed by atoms with E-state index in [9.17, 15) is 4.79 Å². The van der Waals surface area contributed by atoms with Gasteiger partial charge in [0.25, 0.3) is 0 Å². The zero-order valence-corrected chi connectivity index (χ0v) is 16.2. The van der Waals surface area contributed by atoms with E-state index in [1.165, 1.54) is 0 Å². The summed E-state index contributed by atoms with van der Waals surface area (Å²) in [6, 6.07) is 8.18. The molecule has 6 rings (SSSR count). The van der Waals surface area contributed by atoms with Gasteiger partial charge in [0.2, 0.25) is 5.91 Å². The van der Waals surface area contributed by atoms with Gasteiger partial charge in [-0.15, -0.1) is 5.10 Å². The quantitative estimate of drug-likeness (QED) is 0.819. The Hall–Kier alpha value is -2.41. The van der Waals surface area contributed by atoms with E-state index in [1.807, 2.05) is 35.1 Å². The van der Waals surface area contributed by atoms with Gasteiger partial charge >= 0.3 is 0 Å². The number of nitrogen functional groups attached to an aromatic ring is 1. The number of anilines is 1. The van der Waals surface area contributed by atoms with Crippen LogP contribution < -0.4 is 5.73 Å². The predicted octanol–water partition coefficient (Wildman–Crippen LogP) is 1.86. The first-order valence-corrected chi connectivity index (χ1v) is 10.5. The maximum absolute atomic E-state index is 12.9. The zero-order chi connectivity index (χ0) is 19.1. The molecule has 2 N–H and O–H groups in total. The third kappa shape index (κ3) is 3.28. The maximum Gasteiger partial charge on any atom is 0.227 e. The van der Waals surface area contributed by atoms with Crippen molar-refractivity contribution in [2.45, 2.75) is 38.3 Å². The van der Waals surface area contributed by atoms with Crippen LogP contribution in [0.4, 0.5) is 5.69 Å². The fourth-order valence-electron chi connectivity index (χ4n) is 5.21. The van der Waals surface area contributed by atoms with E-state index in [1.54, 1.807) is 0 Å². The number of nitrogens with two attached hydrogens (primary N) is 1. The van der Waals surface area contributed by atoms with Crippen molar-refractivity contribution in [1.82, 2.24) is 24.8 Å². The van der Waals surface area contributed by atoms with E-state index in [4.69, 9.17) is 5.73 Å². The van der Waals surface area contributed by atoms with E-state index >= 15 is 0 Å². The number of hydrogen-bond donors (Lipinski definition) is 1. The molecule has 0 spiro atoms. The summed E-state index contributed by atoms with van der Waals surface area (Å²) >= 11 is 0. The summed E-state index contributed by atoms with van der Waals surface area (Å²) < 4.78 is 1.95. The minimum Gasteiger partial charge on any atom is -0.399 e. The van der Waals surface area contributed by atoms with Crippen molar-refractivity contribution in [1.29, 1.82) is 0 Å². The second kappa shape index (κ2) is 7.20. The van der Waals surface area contributed by atoms with E-state index in [-0.39, 0.29) is 5.92 Å². The molecule has 1 aromatic heterocycles. The third-order valence-electron chi connectivity index (χ3n) is 6.73. The van der Waals surface area contributed by atoms with Crippen LogP contribution in [0.25, 0.3) is 11.3 Å². The minimum atomic E-state index is 0.196. The molecule has 4 atom stereocenters. The molecule has 4 unspecified atom stereocenters. The van der Waals surface area contributed by atoms with Gasteiger partial charge in [0.1, 0.15) is 5.69 Å². The summed E-state index contributed by atoms with van der Waals surface area (Å²) in [5.41, 5.74) is 8.46. The number of aromatic nitrogens is 3. The molecule has 2 aromatic rings. The van der Waals surface area contributed by atoms with Gasteiger partial charge in [-0.2, -0.15) is 0 Å². The molecule has 4 aliphatic heterocycles. The van der Waals surface area contributed by atoms with Crippen molar-refractivity contribution in [3.8, 4) is 11.3 Å². The SMILES string of the molecule is Nc1cccc(-c2cn(CC3CC4CCN3CC4C(=O)N3CCCC3)nn2)c1. The van der Waals surface area contributed by atoms with Gasteiger partial charge in [0, 0.05) is 36.9 Å². The van der Waals surface area contributed by atoms with Crippen molar-refractivity contribution in [3.63, 3.8) is 0 Å². The first-order valence-electron chi connectivity index (χ1n) is 10.5. The van der Waals surface area contributed by atoms with Gasteiger partial charge < -0.3 is 10.6 Å². The van der Waals surface area contributed by atoms with Gasteiger partial charge in [-0.05, 0) is 50.3 Å². The number of fused-ring (bicyclic) bond motifs is 3. The smallest absolute Gasteiger partial charge is 0.227 e. The van der Waals surface area contributed by atoms with Gasteiger partial charge in [-0.25, -0.2) is 0 Å². The Morgan fingerprint density at radius 2 is 2.07 bits per heavy atom. The summed E-state index contributed by atoms with van der Waals surface area (Å²) in [4.78, 5) is 17.5. The van der Waals surface area contributed by atoms with Crippen molar-refractivity contribution in [2.24, 2.45) is 11.8 Å². The fraction of sp³-hybridized carbons (Fsp3) is 0.571. The fourth-order valence-corrected chi connectivity index (χ4v) is 5.21. The van der Waals surface area contributed by atoms with Gasteiger partial charge in [-0.3, -0.25) is 14.4 Å². The molecular formula is C21H28N6O. The lowest BCUT2D eigenvalue weighted by molar-refractivity contribution is -0.142. The summed E-state index contributed by atoms with van der Waals surface area (Å²) in [6.07, 6.45) is 6.56. The Balaban J connectivity index is 1.25. The molecule has 1 aromatic carbocycles. The molecule has 5 heterocycles. The minimum absolute atomic E-state index is 0.196. The Morgan fingerprint density at radius 3 is 2.82 bits per heavy atom. The second-order valence-electron chi connectivity index (χ2n) is 8.52. The molecule has 0 radical (unpaired) electrons. The topological polar surface area (TPSA) is 80.3 Å². The van der Waals surface area contributed by atoms with Crippen LogP contribution in [0.1, 0.15) is 25.7 Å². The Morgan fingerprint density at radius 1 is 1.21 bits per heavy atom. The van der Waals surface area contributed by atoms with Crippen LogP contribution in [-0.4, -0.2) is 62.9 Å². The maximum atomic E-state index is 12.9. The van der Waals surface area contributed by atoms with E-state index in [0.29, 0.717) is 17.9 Å². The first-order chi connectivity index (χ1) is 13.7. The van der Waals surface area contributed by atoms with Crippen LogP contribution in [0.3, 0.4) is 0 Å². The molecule has 0 saturated carbocycles. The van der Waals surface area contributed by atoms with Crippen molar-refractivity contribution < 1.29 is 4.79 Å².